The van der Waals surface area contributed by atoms with E-state index in [9.17, 15) is 4.79 Å². The zero-order chi connectivity index (χ0) is 23.2. The Balaban J connectivity index is 1.48. The fourth-order valence-corrected chi connectivity index (χ4v) is 3.67. The van der Waals surface area contributed by atoms with Gasteiger partial charge in [-0.25, -0.2) is 4.79 Å². The quantitative estimate of drug-likeness (QED) is 0.501. The van der Waals surface area contributed by atoms with Crippen LogP contribution >= 0.6 is 0 Å². The molecule has 1 fully saturated rings. The molecule has 33 heavy (non-hydrogen) atoms. The molecular formula is C25H27N3O5. The van der Waals surface area contributed by atoms with Gasteiger partial charge in [-0.15, -0.1) is 0 Å². The Bertz CT molecular complexity index is 1130. The average molecular weight is 450 g/mol. The topological polar surface area (TPSA) is 97.8 Å². The molecule has 2 N–H and O–H groups in total. The first-order valence-corrected chi connectivity index (χ1v) is 10.6. The van der Waals surface area contributed by atoms with Gasteiger partial charge in [0.1, 0.15) is 23.8 Å². The van der Waals surface area contributed by atoms with E-state index < -0.39 is 24.1 Å². The van der Waals surface area contributed by atoms with Crippen LogP contribution in [0.5, 0.6) is 5.75 Å². The molecule has 2 heterocycles. The molecule has 0 amide bonds. The maximum Gasteiger partial charge on any atom is 0.351 e. The van der Waals surface area contributed by atoms with Crippen molar-refractivity contribution < 1.29 is 18.9 Å². The van der Waals surface area contributed by atoms with E-state index in [1.807, 2.05) is 54.6 Å². The molecule has 8 nitrogen and oxygen atoms in total. The summed E-state index contributed by atoms with van der Waals surface area (Å²) in [5.41, 5.74) is 7.76. The van der Waals surface area contributed by atoms with Gasteiger partial charge in [0.2, 0.25) is 0 Å². The van der Waals surface area contributed by atoms with Crippen molar-refractivity contribution in [2.24, 2.45) is 0 Å². The van der Waals surface area contributed by atoms with Crippen LogP contribution in [0.3, 0.4) is 0 Å². The van der Waals surface area contributed by atoms with Crippen LogP contribution in [0.2, 0.25) is 0 Å². The highest BCUT2D eigenvalue weighted by Crippen LogP contribution is 2.35. The first-order valence-electron chi connectivity index (χ1n) is 10.6. The molecule has 0 saturated carbocycles. The molecule has 172 valence electrons. The number of anilines is 1. The van der Waals surface area contributed by atoms with Crippen LogP contribution in [-0.2, 0) is 27.4 Å². The minimum absolute atomic E-state index is 0.148. The van der Waals surface area contributed by atoms with Crippen molar-refractivity contribution in [1.29, 1.82) is 0 Å². The molecule has 0 aliphatic carbocycles. The van der Waals surface area contributed by atoms with Crippen LogP contribution in [0.25, 0.3) is 0 Å². The summed E-state index contributed by atoms with van der Waals surface area (Å²) in [5.74, 6) is 0.921. The normalized spacial score (nSPS) is 20.2. The zero-order valence-electron chi connectivity index (χ0n) is 18.4. The zero-order valence-corrected chi connectivity index (χ0v) is 18.4. The summed E-state index contributed by atoms with van der Waals surface area (Å²) in [6, 6.07) is 19.0. The SMILES string of the molecule is C=C1[C@H](n2ccc(N)nc2=O)O[C@H](COCc2ccccc2)[C@H]1OCc1ccc(OC)cc1. The second-order valence-electron chi connectivity index (χ2n) is 7.72. The number of nitrogens with two attached hydrogens (primary N) is 1. The molecule has 0 spiro atoms. The standard InChI is InChI=1S/C25H27N3O5/c1-17-23(32-15-19-8-10-20(30-2)11-9-19)21(16-31-14-18-6-4-3-5-7-18)33-24(17)28-13-12-22(26)27-25(28)29/h3-13,21,23-24H,1,14-16H2,2H3,(H2,26,27,29)/t21-,23+,24-/m1/s1. The molecule has 1 aliphatic heterocycles. The third-order valence-corrected chi connectivity index (χ3v) is 5.41. The monoisotopic (exact) mass is 449 g/mol. The highest BCUT2D eigenvalue weighted by atomic mass is 16.6. The molecule has 3 aromatic rings. The van der Waals surface area contributed by atoms with E-state index in [2.05, 4.69) is 11.6 Å². The first-order chi connectivity index (χ1) is 16.0. The van der Waals surface area contributed by atoms with Crippen LogP contribution in [-0.4, -0.2) is 35.5 Å². The number of benzene rings is 2. The number of nitrogens with zero attached hydrogens (tertiary/aromatic N) is 2. The summed E-state index contributed by atoms with van der Waals surface area (Å²) < 4.78 is 24.8. The molecule has 0 bridgehead atoms. The average Bonchev–Trinajstić information content (AvgIpc) is 3.13. The number of ether oxygens (including phenoxy) is 4. The molecule has 2 aromatic carbocycles. The number of rotatable bonds is 9. The van der Waals surface area contributed by atoms with E-state index in [1.54, 1.807) is 19.4 Å². The summed E-state index contributed by atoms with van der Waals surface area (Å²) in [5, 5.41) is 0. The molecule has 1 aliphatic rings. The summed E-state index contributed by atoms with van der Waals surface area (Å²) in [6.07, 6.45) is -0.100. The second-order valence-corrected chi connectivity index (χ2v) is 7.72. The molecule has 0 radical (unpaired) electrons. The molecule has 4 rings (SSSR count). The minimum Gasteiger partial charge on any atom is -0.497 e. The summed E-state index contributed by atoms with van der Waals surface area (Å²) in [4.78, 5) is 16.2. The van der Waals surface area contributed by atoms with E-state index in [-0.39, 0.29) is 12.4 Å². The number of aromatic nitrogens is 2. The second kappa shape index (κ2) is 10.4. The van der Waals surface area contributed by atoms with E-state index in [4.69, 9.17) is 24.7 Å². The number of nitrogen functional groups attached to an aromatic ring is 1. The highest BCUT2D eigenvalue weighted by Gasteiger charge is 2.41. The summed E-state index contributed by atoms with van der Waals surface area (Å²) in [6.45, 7) is 5.22. The highest BCUT2D eigenvalue weighted by molar-refractivity contribution is 5.27. The molecule has 1 aromatic heterocycles. The predicted octanol–water partition coefficient (Wildman–Crippen LogP) is 3.09. The van der Waals surface area contributed by atoms with Crippen LogP contribution in [0, 0.1) is 0 Å². The predicted molar refractivity (Wildman–Crippen MR) is 124 cm³/mol. The minimum atomic E-state index is -0.725. The van der Waals surface area contributed by atoms with Crippen molar-refractivity contribution in [2.45, 2.75) is 31.6 Å². The van der Waals surface area contributed by atoms with Gasteiger partial charge in [-0.3, -0.25) is 4.57 Å². The van der Waals surface area contributed by atoms with Gasteiger partial charge < -0.3 is 24.7 Å². The van der Waals surface area contributed by atoms with E-state index >= 15 is 0 Å². The van der Waals surface area contributed by atoms with Gasteiger partial charge in [0.25, 0.3) is 0 Å². The Hall–Kier alpha value is -3.46. The largest absolute Gasteiger partial charge is 0.497 e. The van der Waals surface area contributed by atoms with Gasteiger partial charge in [0, 0.05) is 11.8 Å². The molecule has 0 unspecified atom stereocenters. The lowest BCUT2D eigenvalue weighted by Gasteiger charge is -2.19. The fraction of sp³-hybridized carbons (Fsp3) is 0.280. The molecule has 3 atom stereocenters. The van der Waals surface area contributed by atoms with Crippen molar-refractivity contribution in [3.8, 4) is 5.75 Å². The Labute approximate surface area is 192 Å². The van der Waals surface area contributed by atoms with Crippen LogP contribution in [0.15, 0.2) is 83.8 Å². The van der Waals surface area contributed by atoms with Gasteiger partial charge in [-0.2, -0.15) is 4.98 Å². The summed E-state index contributed by atoms with van der Waals surface area (Å²) >= 11 is 0. The number of methoxy groups -OCH3 is 1. The first kappa shape index (κ1) is 22.7. The Morgan fingerprint density at radius 1 is 1.06 bits per heavy atom. The summed E-state index contributed by atoms with van der Waals surface area (Å²) in [7, 11) is 1.62. The Kier molecular flexibility index (Phi) is 7.19. The smallest absolute Gasteiger partial charge is 0.351 e. The third kappa shape index (κ3) is 5.48. The third-order valence-electron chi connectivity index (χ3n) is 5.41. The molecule has 8 heteroatoms. The van der Waals surface area contributed by atoms with Crippen molar-refractivity contribution >= 4 is 5.82 Å². The van der Waals surface area contributed by atoms with Crippen molar-refractivity contribution in [3.63, 3.8) is 0 Å². The maximum absolute atomic E-state index is 12.4. The van der Waals surface area contributed by atoms with Gasteiger partial charge in [0.05, 0.1) is 26.9 Å². The van der Waals surface area contributed by atoms with E-state index in [0.717, 1.165) is 16.9 Å². The van der Waals surface area contributed by atoms with Crippen LogP contribution in [0.1, 0.15) is 17.4 Å². The van der Waals surface area contributed by atoms with Gasteiger partial charge >= 0.3 is 5.69 Å². The van der Waals surface area contributed by atoms with Crippen molar-refractivity contribution in [2.75, 3.05) is 19.5 Å². The Morgan fingerprint density at radius 3 is 2.48 bits per heavy atom. The molecule has 1 saturated heterocycles. The van der Waals surface area contributed by atoms with Gasteiger partial charge in [-0.1, -0.05) is 49.0 Å². The number of hydrogen-bond acceptors (Lipinski definition) is 7. The molecular weight excluding hydrogens is 422 g/mol. The van der Waals surface area contributed by atoms with Crippen molar-refractivity contribution in [1.82, 2.24) is 9.55 Å². The lowest BCUT2D eigenvalue weighted by Crippen LogP contribution is -2.30. The van der Waals surface area contributed by atoms with Crippen molar-refractivity contribution in [3.05, 3.63) is 101 Å². The maximum atomic E-state index is 12.4. The van der Waals surface area contributed by atoms with Crippen LogP contribution in [0.4, 0.5) is 5.82 Å². The Morgan fingerprint density at radius 2 is 1.79 bits per heavy atom. The number of hydrogen-bond donors (Lipinski definition) is 1. The van der Waals surface area contributed by atoms with E-state index in [0.29, 0.717) is 18.8 Å². The van der Waals surface area contributed by atoms with E-state index in [1.165, 1.54) is 4.57 Å². The van der Waals surface area contributed by atoms with Crippen LogP contribution < -0.4 is 16.2 Å². The lowest BCUT2D eigenvalue weighted by molar-refractivity contribution is -0.0831. The van der Waals surface area contributed by atoms with Gasteiger partial charge in [-0.05, 0) is 29.3 Å². The lowest BCUT2D eigenvalue weighted by atomic mass is 10.1. The van der Waals surface area contributed by atoms with Gasteiger partial charge in [0.15, 0.2) is 6.23 Å². The fourth-order valence-electron chi connectivity index (χ4n) is 3.67.